The minimum atomic E-state index is -0.555. The number of anilines is 1. The average molecular weight is 345 g/mol. The molecule has 7 nitrogen and oxygen atoms in total. The molecule has 0 fully saturated rings. The van der Waals surface area contributed by atoms with Crippen molar-refractivity contribution in [1.29, 1.82) is 0 Å². The van der Waals surface area contributed by atoms with Crippen molar-refractivity contribution in [3.8, 4) is 0 Å². The number of hydrogen-bond acceptors (Lipinski definition) is 5. The molecule has 2 rings (SSSR count). The van der Waals surface area contributed by atoms with Crippen molar-refractivity contribution in [2.24, 2.45) is 0 Å². The highest BCUT2D eigenvalue weighted by Gasteiger charge is 2.12. The minimum Gasteiger partial charge on any atom is -0.339 e. The molecule has 2 aromatic rings. The number of thioether (sulfide) groups is 1. The number of non-ortho nitro benzene ring substituents is 1. The molecular weight excluding hydrogens is 330 g/mol. The summed E-state index contributed by atoms with van der Waals surface area (Å²) < 4.78 is 0. The number of nitro benzene ring substituents is 1. The monoisotopic (exact) mass is 345 g/mol. The van der Waals surface area contributed by atoms with Crippen LogP contribution in [0.5, 0.6) is 0 Å². The number of nitrogens with zero attached hydrogens (tertiary/aromatic N) is 2. The van der Waals surface area contributed by atoms with E-state index in [-0.39, 0.29) is 16.5 Å². The standard InChI is InChI=1S/C16H15N3O4S/c1-18(2)16(21)24-14-8-4-6-12(10-14)17-15(20)11-5-3-7-13(9-11)19(22)23/h3-10H,1-2H3,(H,17,20). The molecule has 24 heavy (non-hydrogen) atoms. The summed E-state index contributed by atoms with van der Waals surface area (Å²) in [6.07, 6.45) is 0. The average Bonchev–Trinajstić information content (AvgIpc) is 2.55. The predicted octanol–water partition coefficient (Wildman–Crippen LogP) is 3.62. The highest BCUT2D eigenvalue weighted by atomic mass is 32.2. The third-order valence-electron chi connectivity index (χ3n) is 2.98. The maximum Gasteiger partial charge on any atom is 0.285 e. The van der Waals surface area contributed by atoms with E-state index in [9.17, 15) is 19.7 Å². The Morgan fingerprint density at radius 1 is 1.12 bits per heavy atom. The van der Waals surface area contributed by atoms with E-state index in [1.165, 1.54) is 29.2 Å². The van der Waals surface area contributed by atoms with E-state index < -0.39 is 10.8 Å². The number of carbonyl (C=O) groups excluding carboxylic acids is 2. The lowest BCUT2D eigenvalue weighted by atomic mass is 10.2. The normalized spacial score (nSPS) is 10.1. The van der Waals surface area contributed by atoms with Crippen LogP contribution in [-0.4, -0.2) is 35.1 Å². The zero-order valence-corrected chi connectivity index (χ0v) is 13.9. The van der Waals surface area contributed by atoms with Crippen molar-refractivity contribution in [2.75, 3.05) is 19.4 Å². The number of amides is 2. The van der Waals surface area contributed by atoms with E-state index in [0.29, 0.717) is 10.6 Å². The van der Waals surface area contributed by atoms with Crippen LogP contribution in [0.3, 0.4) is 0 Å². The molecule has 0 aromatic heterocycles. The molecule has 1 N–H and O–H groups in total. The maximum absolute atomic E-state index is 12.2. The Balaban J connectivity index is 2.13. The van der Waals surface area contributed by atoms with Gasteiger partial charge in [0.05, 0.1) is 4.92 Å². The van der Waals surface area contributed by atoms with Gasteiger partial charge in [0, 0.05) is 42.4 Å². The van der Waals surface area contributed by atoms with Gasteiger partial charge in [-0.3, -0.25) is 19.7 Å². The van der Waals surface area contributed by atoms with Gasteiger partial charge in [-0.05, 0) is 36.0 Å². The van der Waals surface area contributed by atoms with Crippen LogP contribution in [0.25, 0.3) is 0 Å². The molecule has 0 aliphatic carbocycles. The molecule has 0 saturated heterocycles. The number of rotatable bonds is 4. The fourth-order valence-electron chi connectivity index (χ4n) is 1.79. The molecule has 0 saturated carbocycles. The molecule has 0 unspecified atom stereocenters. The topological polar surface area (TPSA) is 92.6 Å². The Hall–Kier alpha value is -2.87. The lowest BCUT2D eigenvalue weighted by molar-refractivity contribution is -0.384. The SMILES string of the molecule is CN(C)C(=O)Sc1cccc(NC(=O)c2cccc([N+](=O)[O-])c2)c1. The zero-order valence-electron chi connectivity index (χ0n) is 13.1. The molecule has 0 spiro atoms. The Kier molecular flexibility index (Phi) is 5.54. The number of carbonyl (C=O) groups is 2. The second-order valence-electron chi connectivity index (χ2n) is 5.05. The van der Waals surface area contributed by atoms with E-state index in [4.69, 9.17) is 0 Å². The molecule has 0 heterocycles. The fraction of sp³-hybridized carbons (Fsp3) is 0.125. The van der Waals surface area contributed by atoms with Gasteiger partial charge in [0.25, 0.3) is 16.8 Å². The van der Waals surface area contributed by atoms with E-state index >= 15 is 0 Å². The first-order valence-corrected chi connectivity index (χ1v) is 7.73. The molecule has 0 aliphatic rings. The van der Waals surface area contributed by atoms with Crippen LogP contribution in [-0.2, 0) is 0 Å². The molecule has 0 atom stereocenters. The molecule has 124 valence electrons. The molecule has 2 amide bonds. The van der Waals surface area contributed by atoms with Crippen LogP contribution in [0.15, 0.2) is 53.4 Å². The largest absolute Gasteiger partial charge is 0.339 e. The summed E-state index contributed by atoms with van der Waals surface area (Å²) >= 11 is 1.04. The number of benzene rings is 2. The number of nitrogens with one attached hydrogen (secondary N) is 1. The van der Waals surface area contributed by atoms with Gasteiger partial charge in [0.1, 0.15) is 0 Å². The number of hydrogen-bond donors (Lipinski definition) is 1. The molecule has 0 bridgehead atoms. The zero-order chi connectivity index (χ0) is 17.7. The van der Waals surface area contributed by atoms with Crippen LogP contribution in [0.2, 0.25) is 0 Å². The third-order valence-corrected chi connectivity index (χ3v) is 4.01. The van der Waals surface area contributed by atoms with Gasteiger partial charge in [-0.1, -0.05) is 12.1 Å². The predicted molar refractivity (Wildman–Crippen MR) is 92.4 cm³/mol. The lowest BCUT2D eigenvalue weighted by Gasteiger charge is -2.10. The Labute approximate surface area is 142 Å². The first-order valence-electron chi connectivity index (χ1n) is 6.92. The fourth-order valence-corrected chi connectivity index (χ4v) is 2.51. The van der Waals surface area contributed by atoms with Crippen molar-refractivity contribution < 1.29 is 14.5 Å². The van der Waals surface area contributed by atoms with Crippen LogP contribution in [0.4, 0.5) is 16.2 Å². The minimum absolute atomic E-state index is 0.128. The van der Waals surface area contributed by atoms with Gasteiger partial charge in [-0.25, -0.2) is 0 Å². The molecule has 0 aliphatic heterocycles. The van der Waals surface area contributed by atoms with Crippen LogP contribution < -0.4 is 5.32 Å². The van der Waals surface area contributed by atoms with Crippen molar-refractivity contribution in [2.45, 2.75) is 4.90 Å². The third kappa shape index (κ3) is 4.56. The van der Waals surface area contributed by atoms with E-state index in [2.05, 4.69) is 5.32 Å². The summed E-state index contributed by atoms with van der Waals surface area (Å²) in [5.74, 6) is -0.459. The van der Waals surface area contributed by atoms with Gasteiger partial charge in [-0.15, -0.1) is 0 Å². The van der Waals surface area contributed by atoms with Crippen molar-refractivity contribution in [3.63, 3.8) is 0 Å². The highest BCUT2D eigenvalue weighted by Crippen LogP contribution is 2.24. The summed E-state index contributed by atoms with van der Waals surface area (Å²) in [5, 5.41) is 13.3. The van der Waals surface area contributed by atoms with Gasteiger partial charge >= 0.3 is 0 Å². The van der Waals surface area contributed by atoms with Gasteiger partial charge in [0.2, 0.25) is 0 Å². The lowest BCUT2D eigenvalue weighted by Crippen LogP contribution is -2.16. The Morgan fingerprint density at radius 2 is 1.83 bits per heavy atom. The Morgan fingerprint density at radius 3 is 2.50 bits per heavy atom. The van der Waals surface area contributed by atoms with Crippen molar-refractivity contribution in [1.82, 2.24) is 4.90 Å². The van der Waals surface area contributed by atoms with Gasteiger partial charge in [-0.2, -0.15) is 0 Å². The van der Waals surface area contributed by atoms with E-state index in [1.807, 2.05) is 0 Å². The van der Waals surface area contributed by atoms with E-state index in [1.54, 1.807) is 38.4 Å². The van der Waals surface area contributed by atoms with Crippen molar-refractivity contribution in [3.05, 3.63) is 64.2 Å². The van der Waals surface area contributed by atoms with Gasteiger partial charge in [0.15, 0.2) is 0 Å². The smallest absolute Gasteiger partial charge is 0.285 e. The first-order chi connectivity index (χ1) is 11.4. The second kappa shape index (κ2) is 7.60. The molecule has 0 radical (unpaired) electrons. The maximum atomic E-state index is 12.2. The molecular formula is C16H15N3O4S. The molecule has 8 heteroatoms. The van der Waals surface area contributed by atoms with Gasteiger partial charge < -0.3 is 10.2 Å². The summed E-state index contributed by atoms with van der Waals surface area (Å²) in [5.41, 5.74) is 0.540. The van der Waals surface area contributed by atoms with Crippen LogP contribution >= 0.6 is 11.8 Å². The highest BCUT2D eigenvalue weighted by molar-refractivity contribution is 8.13. The summed E-state index contributed by atoms with van der Waals surface area (Å²) in [6, 6.07) is 12.3. The summed E-state index contributed by atoms with van der Waals surface area (Å²) in [6.45, 7) is 0. The Bertz CT molecular complexity index is 792. The summed E-state index contributed by atoms with van der Waals surface area (Å²) in [7, 11) is 3.31. The quantitative estimate of drug-likeness (QED) is 0.519. The van der Waals surface area contributed by atoms with Crippen LogP contribution in [0.1, 0.15) is 10.4 Å². The number of nitro groups is 1. The summed E-state index contributed by atoms with van der Waals surface area (Å²) in [4.78, 5) is 36.3. The second-order valence-corrected chi connectivity index (χ2v) is 6.08. The van der Waals surface area contributed by atoms with E-state index in [0.717, 1.165) is 11.8 Å². The van der Waals surface area contributed by atoms with Crippen LogP contribution in [0, 0.1) is 10.1 Å². The molecule has 2 aromatic carbocycles. The van der Waals surface area contributed by atoms with Crippen molar-refractivity contribution >= 4 is 34.3 Å². The first kappa shape index (κ1) is 17.5.